The summed E-state index contributed by atoms with van der Waals surface area (Å²) in [5.41, 5.74) is 2.33. The van der Waals surface area contributed by atoms with E-state index < -0.39 is 0 Å². The van der Waals surface area contributed by atoms with Crippen molar-refractivity contribution in [2.24, 2.45) is 0 Å². The molecule has 1 saturated heterocycles. The van der Waals surface area contributed by atoms with Gasteiger partial charge in [-0.15, -0.1) is 11.6 Å². The van der Waals surface area contributed by atoms with Crippen molar-refractivity contribution in [3.05, 3.63) is 23.4 Å². The molecule has 0 N–H and O–H groups in total. The van der Waals surface area contributed by atoms with Crippen LogP contribution in [0.4, 0.5) is 5.82 Å². The molecule has 0 aliphatic carbocycles. The summed E-state index contributed by atoms with van der Waals surface area (Å²) >= 11 is 7.83. The Morgan fingerprint density at radius 2 is 2.44 bits per heavy atom. The highest BCUT2D eigenvalue weighted by Crippen LogP contribution is 2.25. The highest BCUT2D eigenvalue weighted by molar-refractivity contribution is 7.99. The lowest BCUT2D eigenvalue weighted by Crippen LogP contribution is -2.41. The Hall–Kier alpha value is -0.410. The Bertz CT molecular complexity index is 370. The summed E-state index contributed by atoms with van der Waals surface area (Å²) in [5.74, 6) is 4.06. The first-order chi connectivity index (χ1) is 7.72. The van der Waals surface area contributed by atoms with Crippen molar-refractivity contribution >= 4 is 29.2 Å². The molecule has 2 nitrogen and oxygen atoms in total. The van der Waals surface area contributed by atoms with E-state index in [0.717, 1.165) is 17.9 Å². The maximum atomic E-state index is 5.81. The minimum absolute atomic E-state index is 0.541. The molecule has 0 spiro atoms. The number of pyridine rings is 1. The minimum atomic E-state index is 0.541. The molecule has 2 heterocycles. The summed E-state index contributed by atoms with van der Waals surface area (Å²) < 4.78 is 0. The van der Waals surface area contributed by atoms with E-state index in [1.807, 2.05) is 18.0 Å². The average molecular weight is 257 g/mol. The number of aromatic nitrogens is 1. The molecule has 1 unspecified atom stereocenters. The Labute approximate surface area is 106 Å². The van der Waals surface area contributed by atoms with Crippen molar-refractivity contribution in [3.63, 3.8) is 0 Å². The van der Waals surface area contributed by atoms with Crippen molar-refractivity contribution in [2.45, 2.75) is 25.8 Å². The van der Waals surface area contributed by atoms with Crippen molar-refractivity contribution in [2.75, 3.05) is 23.0 Å². The van der Waals surface area contributed by atoms with Crippen molar-refractivity contribution in [3.8, 4) is 0 Å². The van der Waals surface area contributed by atoms with Gasteiger partial charge in [0.25, 0.3) is 0 Å². The average Bonchev–Trinajstić information content (AvgIpc) is 2.30. The van der Waals surface area contributed by atoms with Gasteiger partial charge in [-0.1, -0.05) is 0 Å². The summed E-state index contributed by atoms with van der Waals surface area (Å²) in [6.07, 6.45) is 1.89. The van der Waals surface area contributed by atoms with Gasteiger partial charge in [0, 0.05) is 36.2 Å². The standard InChI is InChI=1S/C12H17ClN2S/c1-9-5-11(6-13)7-14-12(9)15-3-4-16-8-10(15)2/h5,7,10H,3-4,6,8H2,1-2H3. The summed E-state index contributed by atoms with van der Waals surface area (Å²) in [5, 5.41) is 0. The van der Waals surface area contributed by atoms with E-state index in [1.165, 1.54) is 17.1 Å². The number of thioether (sulfide) groups is 1. The highest BCUT2D eigenvalue weighted by atomic mass is 35.5. The molecule has 1 aliphatic heterocycles. The highest BCUT2D eigenvalue weighted by Gasteiger charge is 2.21. The fourth-order valence-corrected chi connectivity index (χ4v) is 3.20. The summed E-state index contributed by atoms with van der Waals surface area (Å²) in [6, 6.07) is 2.72. The first-order valence-electron chi connectivity index (χ1n) is 5.58. The fourth-order valence-electron chi connectivity index (χ4n) is 2.04. The van der Waals surface area contributed by atoms with Gasteiger partial charge in [0.05, 0.1) is 0 Å². The number of halogens is 1. The molecule has 88 valence electrons. The van der Waals surface area contributed by atoms with Crippen LogP contribution in [0.2, 0.25) is 0 Å². The normalized spacial score (nSPS) is 21.2. The van der Waals surface area contributed by atoms with Gasteiger partial charge in [-0.05, 0) is 31.0 Å². The second-order valence-corrected chi connectivity index (χ2v) is 5.65. The van der Waals surface area contributed by atoms with E-state index in [2.05, 4.69) is 29.8 Å². The molecular weight excluding hydrogens is 240 g/mol. The van der Waals surface area contributed by atoms with E-state index in [0.29, 0.717) is 11.9 Å². The molecule has 0 bridgehead atoms. The molecule has 1 aliphatic rings. The number of anilines is 1. The van der Waals surface area contributed by atoms with Gasteiger partial charge in [-0.3, -0.25) is 0 Å². The maximum Gasteiger partial charge on any atom is 0.131 e. The topological polar surface area (TPSA) is 16.1 Å². The third-order valence-corrected chi connectivity index (χ3v) is 4.40. The predicted molar refractivity (Wildman–Crippen MR) is 72.7 cm³/mol. The lowest BCUT2D eigenvalue weighted by molar-refractivity contribution is 0.687. The monoisotopic (exact) mass is 256 g/mol. The second-order valence-electron chi connectivity index (χ2n) is 4.24. The van der Waals surface area contributed by atoms with E-state index in [9.17, 15) is 0 Å². The Morgan fingerprint density at radius 1 is 1.62 bits per heavy atom. The molecule has 1 atom stereocenters. The molecule has 4 heteroatoms. The van der Waals surface area contributed by atoms with Gasteiger partial charge in [-0.25, -0.2) is 4.98 Å². The predicted octanol–water partition coefficient (Wildman–Crippen LogP) is 3.07. The molecule has 0 radical (unpaired) electrons. The van der Waals surface area contributed by atoms with Crippen LogP contribution in [0.15, 0.2) is 12.3 Å². The zero-order valence-electron chi connectivity index (χ0n) is 9.74. The first-order valence-corrected chi connectivity index (χ1v) is 7.27. The maximum absolute atomic E-state index is 5.81. The van der Waals surface area contributed by atoms with Crippen LogP contribution < -0.4 is 4.90 Å². The molecule has 16 heavy (non-hydrogen) atoms. The molecular formula is C12H17ClN2S. The Kier molecular flexibility index (Phi) is 3.98. The van der Waals surface area contributed by atoms with Crippen LogP contribution in [0.25, 0.3) is 0 Å². The van der Waals surface area contributed by atoms with E-state index >= 15 is 0 Å². The number of hydrogen-bond donors (Lipinski definition) is 0. The SMILES string of the molecule is Cc1cc(CCl)cnc1N1CCSCC1C. The lowest BCUT2D eigenvalue weighted by atomic mass is 10.2. The lowest BCUT2D eigenvalue weighted by Gasteiger charge is -2.35. The van der Waals surface area contributed by atoms with Crippen LogP contribution in [-0.2, 0) is 5.88 Å². The number of aryl methyl sites for hydroxylation is 1. The van der Waals surface area contributed by atoms with Gasteiger partial charge >= 0.3 is 0 Å². The van der Waals surface area contributed by atoms with Crippen LogP contribution in [0, 0.1) is 6.92 Å². The van der Waals surface area contributed by atoms with Crippen LogP contribution in [0.5, 0.6) is 0 Å². The van der Waals surface area contributed by atoms with Crippen LogP contribution in [0.1, 0.15) is 18.1 Å². The third-order valence-electron chi connectivity index (χ3n) is 2.90. The second kappa shape index (κ2) is 5.28. The van der Waals surface area contributed by atoms with Crippen LogP contribution >= 0.6 is 23.4 Å². The largest absolute Gasteiger partial charge is 0.352 e. The van der Waals surface area contributed by atoms with E-state index in [4.69, 9.17) is 11.6 Å². The van der Waals surface area contributed by atoms with Gasteiger partial charge in [-0.2, -0.15) is 11.8 Å². The Morgan fingerprint density at radius 3 is 3.06 bits per heavy atom. The molecule has 1 aromatic rings. The quantitative estimate of drug-likeness (QED) is 0.757. The van der Waals surface area contributed by atoms with Gasteiger partial charge in [0.2, 0.25) is 0 Å². The molecule has 0 saturated carbocycles. The number of nitrogens with zero attached hydrogens (tertiary/aromatic N) is 2. The van der Waals surface area contributed by atoms with Crippen LogP contribution in [0.3, 0.4) is 0 Å². The fraction of sp³-hybridized carbons (Fsp3) is 0.583. The van der Waals surface area contributed by atoms with Crippen molar-refractivity contribution in [1.29, 1.82) is 0 Å². The van der Waals surface area contributed by atoms with Crippen LogP contribution in [-0.4, -0.2) is 29.1 Å². The number of rotatable bonds is 2. The Balaban J connectivity index is 2.25. The third kappa shape index (κ3) is 2.46. The zero-order valence-corrected chi connectivity index (χ0v) is 11.3. The smallest absolute Gasteiger partial charge is 0.131 e. The molecule has 0 amide bonds. The van der Waals surface area contributed by atoms with Crippen molar-refractivity contribution < 1.29 is 0 Å². The van der Waals surface area contributed by atoms with Gasteiger partial charge < -0.3 is 4.90 Å². The minimum Gasteiger partial charge on any atom is -0.352 e. The molecule has 2 rings (SSSR count). The van der Waals surface area contributed by atoms with E-state index in [1.54, 1.807) is 0 Å². The molecule has 1 fully saturated rings. The van der Waals surface area contributed by atoms with Crippen molar-refractivity contribution in [1.82, 2.24) is 4.98 Å². The number of hydrogen-bond acceptors (Lipinski definition) is 3. The van der Waals surface area contributed by atoms with Gasteiger partial charge in [0.1, 0.15) is 5.82 Å². The van der Waals surface area contributed by atoms with E-state index in [-0.39, 0.29) is 0 Å². The zero-order chi connectivity index (χ0) is 11.5. The molecule has 0 aromatic carbocycles. The summed E-state index contributed by atoms with van der Waals surface area (Å²) in [6.45, 7) is 5.48. The summed E-state index contributed by atoms with van der Waals surface area (Å²) in [7, 11) is 0. The molecule has 1 aromatic heterocycles. The first kappa shape index (κ1) is 12.1. The van der Waals surface area contributed by atoms with Gasteiger partial charge in [0.15, 0.2) is 0 Å². The number of alkyl halides is 1. The summed E-state index contributed by atoms with van der Waals surface area (Å²) in [4.78, 5) is 6.96.